The molecule has 1 N–H and O–H groups in total. The summed E-state index contributed by atoms with van der Waals surface area (Å²) in [5, 5.41) is 3.36. The zero-order valence-corrected chi connectivity index (χ0v) is 16.3. The summed E-state index contributed by atoms with van der Waals surface area (Å²) < 4.78 is 27.2. The van der Waals surface area contributed by atoms with Crippen molar-refractivity contribution >= 4 is 33.2 Å². The first kappa shape index (κ1) is 18.9. The normalized spacial score (nSPS) is 18.0. The minimum absolute atomic E-state index is 0.147. The number of nitrogens with zero attached hydrogens (tertiary/aromatic N) is 1. The third-order valence-electron chi connectivity index (χ3n) is 4.79. The van der Waals surface area contributed by atoms with E-state index >= 15 is 0 Å². The van der Waals surface area contributed by atoms with Crippen LogP contribution in [0.4, 0.5) is 5.69 Å². The van der Waals surface area contributed by atoms with Gasteiger partial charge in [0, 0.05) is 17.3 Å². The highest BCUT2D eigenvalue weighted by molar-refractivity contribution is 7.89. The maximum atomic E-state index is 12.9. The Kier molecular flexibility index (Phi) is 5.37. The van der Waals surface area contributed by atoms with Gasteiger partial charge in [-0.25, -0.2) is 8.42 Å². The van der Waals surface area contributed by atoms with E-state index in [1.54, 1.807) is 0 Å². The fourth-order valence-electron chi connectivity index (χ4n) is 3.13. The summed E-state index contributed by atoms with van der Waals surface area (Å²) in [7, 11) is -3.75. The molecule has 1 fully saturated rings. The van der Waals surface area contributed by atoms with Crippen molar-refractivity contribution in [1.82, 2.24) is 4.31 Å². The van der Waals surface area contributed by atoms with Gasteiger partial charge in [-0.05, 0) is 68.1 Å². The monoisotopic (exact) mass is 392 g/mol. The molecule has 1 aliphatic heterocycles. The Morgan fingerprint density at radius 2 is 1.85 bits per heavy atom. The van der Waals surface area contributed by atoms with Crippen LogP contribution < -0.4 is 5.32 Å². The Labute approximate surface area is 159 Å². The smallest absolute Gasteiger partial charge is 0.243 e. The molecular weight excluding hydrogens is 372 g/mol. The minimum atomic E-state index is -3.75. The zero-order chi connectivity index (χ0) is 18.9. The lowest BCUT2D eigenvalue weighted by Crippen LogP contribution is -2.43. The topological polar surface area (TPSA) is 66.5 Å². The number of hydrogen-bond acceptors (Lipinski definition) is 3. The molecule has 1 saturated heterocycles. The zero-order valence-electron chi connectivity index (χ0n) is 14.7. The van der Waals surface area contributed by atoms with E-state index in [2.05, 4.69) is 5.32 Å². The average molecular weight is 393 g/mol. The number of nitrogens with one attached hydrogen (secondary N) is 1. The molecule has 2 aromatic rings. The number of amides is 1. The van der Waals surface area contributed by atoms with Crippen LogP contribution in [-0.4, -0.2) is 31.2 Å². The van der Waals surface area contributed by atoms with Crippen LogP contribution in [0.25, 0.3) is 0 Å². The molecule has 5 nitrogen and oxygen atoms in total. The molecule has 0 spiro atoms. The number of sulfonamides is 1. The Morgan fingerprint density at radius 3 is 2.54 bits per heavy atom. The van der Waals surface area contributed by atoms with Crippen LogP contribution in [0.5, 0.6) is 0 Å². The largest absolute Gasteiger partial charge is 0.324 e. The van der Waals surface area contributed by atoms with Gasteiger partial charge < -0.3 is 5.32 Å². The number of halogens is 1. The second kappa shape index (κ2) is 7.39. The Balaban J connectivity index is 1.84. The molecule has 1 atom stereocenters. The van der Waals surface area contributed by atoms with E-state index in [1.165, 1.54) is 28.6 Å². The van der Waals surface area contributed by atoms with Gasteiger partial charge in [-0.1, -0.05) is 23.7 Å². The molecule has 1 amide bonds. The number of carbonyl (C=O) groups excluding carboxylic acids is 1. The van der Waals surface area contributed by atoms with E-state index in [-0.39, 0.29) is 10.8 Å². The predicted octanol–water partition coefficient (Wildman–Crippen LogP) is 3.75. The molecule has 1 heterocycles. The first-order valence-corrected chi connectivity index (χ1v) is 10.3. The quantitative estimate of drug-likeness (QED) is 0.861. The fourth-order valence-corrected chi connectivity index (χ4v) is 4.92. The van der Waals surface area contributed by atoms with Crippen molar-refractivity contribution in [3.8, 4) is 0 Å². The van der Waals surface area contributed by atoms with E-state index in [9.17, 15) is 13.2 Å². The van der Waals surface area contributed by atoms with Crippen molar-refractivity contribution in [3.05, 3.63) is 58.6 Å². The van der Waals surface area contributed by atoms with Gasteiger partial charge in [0.05, 0.1) is 4.90 Å². The maximum absolute atomic E-state index is 12.9. The summed E-state index contributed by atoms with van der Waals surface area (Å²) in [6.07, 6.45) is 1.15. The molecule has 0 radical (unpaired) electrons. The van der Waals surface area contributed by atoms with E-state index in [0.29, 0.717) is 30.1 Å². The number of anilines is 1. The van der Waals surface area contributed by atoms with Crippen LogP contribution in [0.1, 0.15) is 24.0 Å². The third-order valence-corrected chi connectivity index (χ3v) is 6.96. The lowest BCUT2D eigenvalue weighted by molar-refractivity contribution is -0.119. The Morgan fingerprint density at radius 1 is 1.15 bits per heavy atom. The molecule has 0 unspecified atom stereocenters. The molecule has 3 rings (SSSR count). The lowest BCUT2D eigenvalue weighted by Gasteiger charge is -2.24. The van der Waals surface area contributed by atoms with Gasteiger partial charge in [-0.15, -0.1) is 0 Å². The van der Waals surface area contributed by atoms with Crippen LogP contribution in [0, 0.1) is 13.8 Å². The van der Waals surface area contributed by atoms with Gasteiger partial charge in [-0.2, -0.15) is 4.31 Å². The molecule has 0 aliphatic carbocycles. The second-order valence-electron chi connectivity index (χ2n) is 6.46. The average Bonchev–Trinajstić information content (AvgIpc) is 3.10. The molecule has 0 saturated carbocycles. The van der Waals surface area contributed by atoms with E-state index in [4.69, 9.17) is 11.6 Å². The molecule has 138 valence electrons. The summed E-state index contributed by atoms with van der Waals surface area (Å²) in [5.74, 6) is -0.297. The molecule has 1 aliphatic rings. The molecule has 2 aromatic carbocycles. The molecule has 0 aromatic heterocycles. The van der Waals surface area contributed by atoms with Crippen molar-refractivity contribution in [3.63, 3.8) is 0 Å². The summed E-state index contributed by atoms with van der Waals surface area (Å²) in [4.78, 5) is 12.9. The number of aryl methyl sites for hydroxylation is 1. The number of rotatable bonds is 4. The molecule has 26 heavy (non-hydrogen) atoms. The fraction of sp³-hybridized carbons (Fsp3) is 0.316. The lowest BCUT2D eigenvalue weighted by atomic mass is 10.1. The predicted molar refractivity (Wildman–Crippen MR) is 103 cm³/mol. The standard InChI is InChI=1S/C19H21ClN2O3S/c1-13-5-3-6-17(14(13)2)21-19(23)18-7-4-12-22(18)26(24,25)16-10-8-15(20)9-11-16/h3,5-6,8-11,18H,4,7,12H2,1-2H3,(H,21,23)/t18-/m1/s1. The van der Waals surface area contributed by atoms with Gasteiger partial charge >= 0.3 is 0 Å². The molecule has 7 heteroatoms. The Bertz CT molecular complexity index is 926. The number of hydrogen-bond donors (Lipinski definition) is 1. The van der Waals surface area contributed by atoms with Gasteiger partial charge in [0.1, 0.15) is 6.04 Å². The summed E-state index contributed by atoms with van der Waals surface area (Å²) in [6.45, 7) is 4.23. The second-order valence-corrected chi connectivity index (χ2v) is 8.79. The van der Waals surface area contributed by atoms with Crippen LogP contribution >= 0.6 is 11.6 Å². The highest BCUT2D eigenvalue weighted by atomic mass is 35.5. The van der Waals surface area contributed by atoms with Gasteiger partial charge in [0.2, 0.25) is 15.9 Å². The van der Waals surface area contributed by atoms with Crippen molar-refractivity contribution in [2.24, 2.45) is 0 Å². The van der Waals surface area contributed by atoms with Crippen LogP contribution in [0.2, 0.25) is 5.02 Å². The van der Waals surface area contributed by atoms with Crippen molar-refractivity contribution in [2.75, 3.05) is 11.9 Å². The SMILES string of the molecule is Cc1cccc(NC(=O)[C@H]2CCCN2S(=O)(=O)c2ccc(Cl)cc2)c1C. The maximum Gasteiger partial charge on any atom is 0.243 e. The number of benzene rings is 2. The van der Waals surface area contributed by atoms with E-state index in [0.717, 1.165) is 11.1 Å². The summed E-state index contributed by atoms with van der Waals surface area (Å²) in [5.41, 5.74) is 2.76. The van der Waals surface area contributed by atoms with Gasteiger partial charge in [-0.3, -0.25) is 4.79 Å². The first-order valence-electron chi connectivity index (χ1n) is 8.45. The van der Waals surface area contributed by atoms with Crippen LogP contribution in [-0.2, 0) is 14.8 Å². The third kappa shape index (κ3) is 3.63. The van der Waals surface area contributed by atoms with E-state index in [1.807, 2.05) is 32.0 Å². The van der Waals surface area contributed by atoms with Crippen molar-refractivity contribution < 1.29 is 13.2 Å². The van der Waals surface area contributed by atoms with Gasteiger partial charge in [0.15, 0.2) is 0 Å². The highest BCUT2D eigenvalue weighted by Crippen LogP contribution is 2.28. The summed E-state index contributed by atoms with van der Waals surface area (Å²) in [6, 6.07) is 11.0. The van der Waals surface area contributed by atoms with Crippen molar-refractivity contribution in [2.45, 2.75) is 37.6 Å². The number of carbonyl (C=O) groups is 1. The highest BCUT2D eigenvalue weighted by Gasteiger charge is 2.39. The Hall–Kier alpha value is -1.89. The van der Waals surface area contributed by atoms with Crippen LogP contribution in [0.15, 0.2) is 47.4 Å². The van der Waals surface area contributed by atoms with Gasteiger partial charge in [0.25, 0.3) is 0 Å². The molecule has 0 bridgehead atoms. The molecular formula is C19H21ClN2O3S. The minimum Gasteiger partial charge on any atom is -0.324 e. The van der Waals surface area contributed by atoms with Crippen molar-refractivity contribution in [1.29, 1.82) is 0 Å². The summed E-state index contributed by atoms with van der Waals surface area (Å²) >= 11 is 5.85. The first-order chi connectivity index (χ1) is 12.3. The van der Waals surface area contributed by atoms with E-state index < -0.39 is 16.1 Å². The van der Waals surface area contributed by atoms with Crippen LogP contribution in [0.3, 0.4) is 0 Å².